The number of nitrogens with zero attached hydrogens (tertiary/aromatic N) is 3. The molecule has 2 aromatic rings. The fourth-order valence-electron chi connectivity index (χ4n) is 2.87. The number of rotatable bonds is 6. The summed E-state index contributed by atoms with van der Waals surface area (Å²) in [5.41, 5.74) is 1.89. The van der Waals surface area contributed by atoms with Gasteiger partial charge in [0.25, 0.3) is 0 Å². The molecule has 1 unspecified atom stereocenters. The third kappa shape index (κ3) is 4.61. The molecule has 0 spiro atoms. The van der Waals surface area contributed by atoms with Crippen LogP contribution in [0.15, 0.2) is 36.5 Å². The first kappa shape index (κ1) is 16.6. The molecule has 2 heterocycles. The van der Waals surface area contributed by atoms with Gasteiger partial charge in [-0.15, -0.1) is 0 Å². The Balaban J connectivity index is 1.54. The van der Waals surface area contributed by atoms with Crippen LogP contribution < -0.4 is 10.1 Å². The lowest BCUT2D eigenvalue weighted by atomic mass is 10.2. The zero-order valence-corrected chi connectivity index (χ0v) is 13.5. The number of aromatic nitrogens is 2. The first-order valence-corrected chi connectivity index (χ1v) is 7.91. The van der Waals surface area contributed by atoms with Crippen molar-refractivity contribution in [3.63, 3.8) is 0 Å². The van der Waals surface area contributed by atoms with Gasteiger partial charge in [0.1, 0.15) is 5.75 Å². The summed E-state index contributed by atoms with van der Waals surface area (Å²) in [5.74, 6) is 0.846. The Morgan fingerprint density at radius 2 is 2.25 bits per heavy atom. The third-order valence-electron chi connectivity index (χ3n) is 3.93. The van der Waals surface area contributed by atoms with E-state index in [9.17, 15) is 8.78 Å². The average molecular weight is 334 g/mol. The minimum atomic E-state index is -2.80. The first-order chi connectivity index (χ1) is 11.6. The topological polar surface area (TPSA) is 50.3 Å². The second-order valence-corrected chi connectivity index (χ2v) is 5.91. The lowest BCUT2D eigenvalue weighted by Gasteiger charge is -2.17. The highest BCUT2D eigenvalue weighted by atomic mass is 19.3. The number of hydrogen-bond acceptors (Lipinski definition) is 5. The number of ether oxygens (including phenoxy) is 1. The number of anilines is 1. The molecule has 5 nitrogen and oxygen atoms in total. The maximum absolute atomic E-state index is 12.3. The van der Waals surface area contributed by atoms with Crippen LogP contribution in [-0.4, -0.2) is 40.6 Å². The van der Waals surface area contributed by atoms with Gasteiger partial charge in [-0.05, 0) is 37.1 Å². The molecule has 0 aliphatic carbocycles. The Bertz CT molecular complexity index is 683. The minimum Gasteiger partial charge on any atom is -0.435 e. The van der Waals surface area contributed by atoms with Gasteiger partial charge in [0, 0.05) is 37.6 Å². The van der Waals surface area contributed by atoms with E-state index in [1.54, 1.807) is 24.4 Å². The summed E-state index contributed by atoms with van der Waals surface area (Å²) in [5, 5.41) is 3.35. The van der Waals surface area contributed by atoms with E-state index in [0.717, 1.165) is 30.8 Å². The molecule has 1 aromatic carbocycles. The van der Waals surface area contributed by atoms with Crippen LogP contribution in [0.25, 0.3) is 0 Å². The predicted octanol–water partition coefficient (Wildman–Crippen LogP) is 3.07. The predicted molar refractivity (Wildman–Crippen MR) is 87.1 cm³/mol. The van der Waals surface area contributed by atoms with E-state index in [-0.39, 0.29) is 11.8 Å². The Labute approximate surface area is 139 Å². The molecule has 1 aromatic heterocycles. The molecule has 3 rings (SSSR count). The maximum Gasteiger partial charge on any atom is 0.387 e. The fourth-order valence-corrected chi connectivity index (χ4v) is 2.87. The minimum absolute atomic E-state index is 0.199. The van der Waals surface area contributed by atoms with E-state index in [4.69, 9.17) is 0 Å². The van der Waals surface area contributed by atoms with Crippen molar-refractivity contribution < 1.29 is 13.5 Å². The van der Waals surface area contributed by atoms with Crippen molar-refractivity contribution in [1.82, 2.24) is 14.9 Å². The van der Waals surface area contributed by atoms with Crippen molar-refractivity contribution in [2.75, 3.05) is 18.4 Å². The number of benzene rings is 1. The fraction of sp³-hybridized carbons (Fsp3) is 0.412. The summed E-state index contributed by atoms with van der Waals surface area (Å²) in [6.45, 7) is 1.63. The van der Waals surface area contributed by atoms with Gasteiger partial charge in [0.15, 0.2) is 0 Å². The lowest BCUT2D eigenvalue weighted by Crippen LogP contribution is -2.26. The molecule has 1 N–H and O–H groups in total. The molecule has 0 radical (unpaired) electrons. The number of alkyl halides is 2. The van der Waals surface area contributed by atoms with Crippen LogP contribution in [0.3, 0.4) is 0 Å². The summed E-state index contributed by atoms with van der Waals surface area (Å²) >= 11 is 0. The molecule has 1 fully saturated rings. The molecule has 0 bridgehead atoms. The van der Waals surface area contributed by atoms with E-state index in [1.807, 2.05) is 19.1 Å². The second kappa shape index (κ2) is 7.53. The Hall–Kier alpha value is -2.28. The molecule has 1 aliphatic heterocycles. The number of nitrogens with one attached hydrogen (secondary N) is 1. The van der Waals surface area contributed by atoms with Crippen LogP contribution in [0.1, 0.15) is 17.7 Å². The SMILES string of the molecule is Cc1ccnc(NC2CCN(Cc3cccc(OC(F)F)c3)C2)n1. The maximum atomic E-state index is 12.3. The largest absolute Gasteiger partial charge is 0.435 e. The van der Waals surface area contributed by atoms with Crippen LogP contribution in [-0.2, 0) is 6.54 Å². The molecule has 0 saturated carbocycles. The third-order valence-corrected chi connectivity index (χ3v) is 3.93. The summed E-state index contributed by atoms with van der Waals surface area (Å²) in [4.78, 5) is 10.9. The Morgan fingerprint density at radius 3 is 3.04 bits per heavy atom. The quantitative estimate of drug-likeness (QED) is 0.880. The van der Waals surface area contributed by atoms with E-state index >= 15 is 0 Å². The number of likely N-dealkylation sites (tertiary alicyclic amines) is 1. The molecule has 7 heteroatoms. The van der Waals surface area contributed by atoms with Gasteiger partial charge >= 0.3 is 6.61 Å². The van der Waals surface area contributed by atoms with Crippen molar-refractivity contribution >= 4 is 5.95 Å². The van der Waals surface area contributed by atoms with Crippen LogP contribution in [0, 0.1) is 6.92 Å². The smallest absolute Gasteiger partial charge is 0.387 e. The Morgan fingerprint density at radius 1 is 1.38 bits per heavy atom. The normalized spacial score (nSPS) is 18.1. The summed E-state index contributed by atoms with van der Waals surface area (Å²) in [7, 11) is 0. The summed E-state index contributed by atoms with van der Waals surface area (Å²) in [6, 6.07) is 9.01. The number of hydrogen-bond donors (Lipinski definition) is 1. The van der Waals surface area contributed by atoms with Gasteiger partial charge in [0.05, 0.1) is 0 Å². The van der Waals surface area contributed by atoms with Crippen molar-refractivity contribution in [2.45, 2.75) is 32.5 Å². The van der Waals surface area contributed by atoms with Gasteiger partial charge in [0.2, 0.25) is 5.95 Å². The van der Waals surface area contributed by atoms with Crippen molar-refractivity contribution in [2.24, 2.45) is 0 Å². The number of halogens is 2. The Kier molecular flexibility index (Phi) is 5.20. The summed E-state index contributed by atoms with van der Waals surface area (Å²) < 4.78 is 29.0. The highest BCUT2D eigenvalue weighted by Crippen LogP contribution is 2.20. The standard InChI is InChI=1S/C17H20F2N4O/c1-12-5-7-20-17(21-12)22-14-6-8-23(11-14)10-13-3-2-4-15(9-13)24-16(18)19/h2-5,7,9,14,16H,6,8,10-11H2,1H3,(H,20,21,22). The van der Waals surface area contributed by atoms with Gasteiger partial charge in [-0.3, -0.25) is 4.90 Å². The highest BCUT2D eigenvalue weighted by Gasteiger charge is 2.23. The zero-order chi connectivity index (χ0) is 16.9. The molecule has 0 amide bonds. The van der Waals surface area contributed by atoms with E-state index in [1.165, 1.54) is 0 Å². The van der Waals surface area contributed by atoms with Crippen LogP contribution in [0.2, 0.25) is 0 Å². The second-order valence-electron chi connectivity index (χ2n) is 5.91. The molecule has 1 saturated heterocycles. The highest BCUT2D eigenvalue weighted by molar-refractivity contribution is 5.29. The van der Waals surface area contributed by atoms with Crippen molar-refractivity contribution in [3.8, 4) is 5.75 Å². The van der Waals surface area contributed by atoms with Crippen LogP contribution >= 0.6 is 0 Å². The average Bonchev–Trinajstić information content (AvgIpc) is 2.94. The van der Waals surface area contributed by atoms with Gasteiger partial charge in [-0.2, -0.15) is 8.78 Å². The van der Waals surface area contributed by atoms with Gasteiger partial charge < -0.3 is 10.1 Å². The van der Waals surface area contributed by atoms with Crippen molar-refractivity contribution in [3.05, 3.63) is 47.8 Å². The molecular weight excluding hydrogens is 314 g/mol. The van der Waals surface area contributed by atoms with E-state index < -0.39 is 6.61 Å². The van der Waals surface area contributed by atoms with E-state index in [0.29, 0.717) is 12.5 Å². The molecule has 1 atom stereocenters. The number of aryl methyl sites for hydroxylation is 1. The van der Waals surface area contributed by atoms with Crippen LogP contribution in [0.5, 0.6) is 5.75 Å². The lowest BCUT2D eigenvalue weighted by molar-refractivity contribution is -0.0499. The van der Waals surface area contributed by atoms with E-state index in [2.05, 4.69) is 24.9 Å². The van der Waals surface area contributed by atoms with Gasteiger partial charge in [-0.25, -0.2) is 9.97 Å². The molecular formula is C17H20F2N4O. The van der Waals surface area contributed by atoms with Crippen molar-refractivity contribution in [1.29, 1.82) is 0 Å². The monoisotopic (exact) mass is 334 g/mol. The summed E-state index contributed by atoms with van der Waals surface area (Å²) in [6.07, 6.45) is 2.73. The van der Waals surface area contributed by atoms with Gasteiger partial charge in [-0.1, -0.05) is 12.1 Å². The zero-order valence-electron chi connectivity index (χ0n) is 13.5. The first-order valence-electron chi connectivity index (χ1n) is 7.91. The van der Waals surface area contributed by atoms with Crippen LogP contribution in [0.4, 0.5) is 14.7 Å². The molecule has 24 heavy (non-hydrogen) atoms. The molecule has 128 valence electrons. The molecule has 1 aliphatic rings.